The number of carbonyl (C=O) groups excluding carboxylic acids is 1. The fraction of sp³-hybridized carbons (Fsp3) is 0.188. The second-order valence-electron chi connectivity index (χ2n) is 5.02. The van der Waals surface area contributed by atoms with Crippen molar-refractivity contribution in [2.24, 2.45) is 0 Å². The van der Waals surface area contributed by atoms with Crippen LogP contribution in [-0.2, 0) is 6.54 Å². The molecular formula is C16H16ClFN2O. The zero-order valence-corrected chi connectivity index (χ0v) is 12.6. The SMILES string of the molecule is CN(C)Cc1cccc(NC(=O)c2ccc(Cl)cc2F)c1. The summed E-state index contributed by atoms with van der Waals surface area (Å²) >= 11 is 5.67. The van der Waals surface area contributed by atoms with Crippen LogP contribution < -0.4 is 5.32 Å². The Balaban J connectivity index is 2.15. The van der Waals surface area contributed by atoms with E-state index in [1.165, 1.54) is 12.1 Å². The Morgan fingerprint density at radius 2 is 2.00 bits per heavy atom. The standard InChI is InChI=1S/C16H16ClFN2O/c1-20(2)10-11-4-3-5-13(8-11)19-16(21)14-7-6-12(17)9-15(14)18/h3-9H,10H2,1-2H3,(H,19,21). The molecule has 0 aliphatic carbocycles. The highest BCUT2D eigenvalue weighted by Crippen LogP contribution is 2.17. The Hall–Kier alpha value is -1.91. The van der Waals surface area contributed by atoms with Crippen LogP contribution in [0.4, 0.5) is 10.1 Å². The van der Waals surface area contributed by atoms with Crippen LogP contribution in [0, 0.1) is 5.82 Å². The molecule has 1 N–H and O–H groups in total. The number of halogens is 2. The summed E-state index contributed by atoms with van der Waals surface area (Å²) < 4.78 is 13.7. The van der Waals surface area contributed by atoms with Gasteiger partial charge in [0.15, 0.2) is 0 Å². The largest absolute Gasteiger partial charge is 0.322 e. The molecule has 0 aliphatic rings. The van der Waals surface area contributed by atoms with E-state index in [0.29, 0.717) is 5.69 Å². The number of carbonyl (C=O) groups is 1. The first-order valence-corrected chi connectivity index (χ1v) is 6.83. The van der Waals surface area contributed by atoms with Crippen LogP contribution in [0.3, 0.4) is 0 Å². The lowest BCUT2D eigenvalue weighted by atomic mass is 10.1. The molecule has 0 unspecified atom stereocenters. The molecule has 0 aromatic heterocycles. The topological polar surface area (TPSA) is 32.3 Å². The van der Waals surface area contributed by atoms with E-state index in [0.717, 1.165) is 18.2 Å². The van der Waals surface area contributed by atoms with E-state index in [2.05, 4.69) is 5.32 Å². The van der Waals surface area contributed by atoms with Crippen molar-refractivity contribution in [3.63, 3.8) is 0 Å². The summed E-state index contributed by atoms with van der Waals surface area (Å²) in [6, 6.07) is 11.4. The Morgan fingerprint density at radius 3 is 2.67 bits per heavy atom. The lowest BCUT2D eigenvalue weighted by molar-refractivity contribution is 0.102. The molecule has 1 amide bonds. The second kappa shape index (κ2) is 6.70. The number of amides is 1. The van der Waals surface area contributed by atoms with Gasteiger partial charge in [0.05, 0.1) is 5.56 Å². The monoisotopic (exact) mass is 306 g/mol. The fourth-order valence-corrected chi connectivity index (χ4v) is 2.14. The number of hydrogen-bond acceptors (Lipinski definition) is 2. The molecule has 2 aromatic carbocycles. The molecule has 2 rings (SSSR count). The van der Waals surface area contributed by atoms with Crippen molar-refractivity contribution in [1.29, 1.82) is 0 Å². The molecular weight excluding hydrogens is 291 g/mol. The minimum atomic E-state index is -0.635. The maximum atomic E-state index is 13.7. The molecule has 0 radical (unpaired) electrons. The van der Waals surface area contributed by atoms with Crippen molar-refractivity contribution in [1.82, 2.24) is 4.90 Å². The van der Waals surface area contributed by atoms with E-state index in [4.69, 9.17) is 11.6 Å². The van der Waals surface area contributed by atoms with Crippen LogP contribution in [0.15, 0.2) is 42.5 Å². The van der Waals surface area contributed by atoms with Gasteiger partial charge in [0.25, 0.3) is 5.91 Å². The normalized spacial score (nSPS) is 10.7. The number of anilines is 1. The number of nitrogens with one attached hydrogen (secondary N) is 1. The van der Waals surface area contributed by atoms with Gasteiger partial charge in [-0.05, 0) is 50.0 Å². The van der Waals surface area contributed by atoms with Crippen LogP contribution in [0.25, 0.3) is 0 Å². The zero-order valence-electron chi connectivity index (χ0n) is 11.9. The summed E-state index contributed by atoms with van der Waals surface area (Å²) in [5.41, 5.74) is 1.67. The van der Waals surface area contributed by atoms with E-state index in [-0.39, 0.29) is 10.6 Å². The van der Waals surface area contributed by atoms with Crippen molar-refractivity contribution in [3.05, 3.63) is 64.4 Å². The number of hydrogen-bond donors (Lipinski definition) is 1. The van der Waals surface area contributed by atoms with Crippen molar-refractivity contribution in [2.45, 2.75) is 6.54 Å². The molecule has 5 heteroatoms. The van der Waals surface area contributed by atoms with Crippen LogP contribution in [0.1, 0.15) is 15.9 Å². The van der Waals surface area contributed by atoms with E-state index >= 15 is 0 Å². The predicted octanol–water partition coefficient (Wildman–Crippen LogP) is 3.79. The summed E-state index contributed by atoms with van der Waals surface area (Å²) in [5, 5.41) is 2.95. The molecule has 0 saturated carbocycles. The van der Waals surface area contributed by atoms with Crippen LogP contribution in [-0.4, -0.2) is 24.9 Å². The third kappa shape index (κ3) is 4.28. The molecule has 0 bridgehead atoms. The van der Waals surface area contributed by atoms with Crippen molar-refractivity contribution in [2.75, 3.05) is 19.4 Å². The van der Waals surface area contributed by atoms with Gasteiger partial charge in [-0.2, -0.15) is 0 Å². The number of nitrogens with zero attached hydrogens (tertiary/aromatic N) is 1. The van der Waals surface area contributed by atoms with Crippen LogP contribution >= 0.6 is 11.6 Å². The number of benzene rings is 2. The Morgan fingerprint density at radius 1 is 1.24 bits per heavy atom. The maximum absolute atomic E-state index is 13.7. The summed E-state index contributed by atoms with van der Waals surface area (Å²) in [5.74, 6) is -1.13. The summed E-state index contributed by atoms with van der Waals surface area (Å²) in [4.78, 5) is 14.1. The average Bonchev–Trinajstić information content (AvgIpc) is 2.37. The molecule has 110 valence electrons. The molecule has 0 heterocycles. The number of rotatable bonds is 4. The van der Waals surface area contributed by atoms with Gasteiger partial charge < -0.3 is 10.2 Å². The highest BCUT2D eigenvalue weighted by Gasteiger charge is 2.12. The average molecular weight is 307 g/mol. The van der Waals surface area contributed by atoms with Gasteiger partial charge in [-0.25, -0.2) is 4.39 Å². The molecule has 0 saturated heterocycles. The minimum Gasteiger partial charge on any atom is -0.322 e. The van der Waals surface area contributed by atoms with Gasteiger partial charge in [-0.15, -0.1) is 0 Å². The van der Waals surface area contributed by atoms with E-state index < -0.39 is 11.7 Å². The van der Waals surface area contributed by atoms with Gasteiger partial charge in [-0.3, -0.25) is 4.79 Å². The Bertz CT molecular complexity index is 658. The fourth-order valence-electron chi connectivity index (χ4n) is 1.98. The van der Waals surface area contributed by atoms with Gasteiger partial charge >= 0.3 is 0 Å². The molecule has 0 spiro atoms. The summed E-state index contributed by atoms with van der Waals surface area (Å²) in [7, 11) is 3.93. The van der Waals surface area contributed by atoms with Crippen molar-refractivity contribution < 1.29 is 9.18 Å². The summed E-state index contributed by atoms with van der Waals surface area (Å²) in [6.45, 7) is 0.763. The summed E-state index contributed by atoms with van der Waals surface area (Å²) in [6.07, 6.45) is 0. The first-order valence-electron chi connectivity index (χ1n) is 6.46. The smallest absolute Gasteiger partial charge is 0.258 e. The first kappa shape index (κ1) is 15.5. The van der Waals surface area contributed by atoms with E-state index in [1.807, 2.05) is 37.2 Å². The molecule has 3 nitrogen and oxygen atoms in total. The quantitative estimate of drug-likeness (QED) is 0.932. The molecule has 0 aliphatic heterocycles. The van der Waals surface area contributed by atoms with Gasteiger partial charge in [0.1, 0.15) is 5.82 Å². The van der Waals surface area contributed by atoms with E-state index in [1.54, 1.807) is 6.07 Å². The molecule has 0 atom stereocenters. The molecule has 2 aromatic rings. The minimum absolute atomic E-state index is 0.0302. The second-order valence-corrected chi connectivity index (χ2v) is 5.45. The Labute approximate surface area is 128 Å². The van der Waals surface area contributed by atoms with Gasteiger partial charge in [0, 0.05) is 17.3 Å². The van der Waals surface area contributed by atoms with Gasteiger partial charge in [0.2, 0.25) is 0 Å². The maximum Gasteiger partial charge on any atom is 0.258 e. The van der Waals surface area contributed by atoms with E-state index in [9.17, 15) is 9.18 Å². The molecule has 0 fully saturated rings. The highest BCUT2D eigenvalue weighted by molar-refractivity contribution is 6.30. The van der Waals surface area contributed by atoms with Crippen molar-refractivity contribution >= 4 is 23.2 Å². The van der Waals surface area contributed by atoms with Gasteiger partial charge in [-0.1, -0.05) is 23.7 Å². The first-order chi connectivity index (χ1) is 9.95. The lowest BCUT2D eigenvalue weighted by Gasteiger charge is -2.11. The zero-order chi connectivity index (χ0) is 15.4. The molecule has 21 heavy (non-hydrogen) atoms. The lowest BCUT2D eigenvalue weighted by Crippen LogP contribution is -2.14. The Kier molecular flexibility index (Phi) is 4.94. The van der Waals surface area contributed by atoms with Crippen molar-refractivity contribution in [3.8, 4) is 0 Å². The third-order valence-corrected chi connectivity index (χ3v) is 3.09. The highest BCUT2D eigenvalue weighted by atomic mass is 35.5. The van der Waals surface area contributed by atoms with Crippen LogP contribution in [0.5, 0.6) is 0 Å². The predicted molar refractivity (Wildman–Crippen MR) is 83.2 cm³/mol. The van der Waals surface area contributed by atoms with Crippen LogP contribution in [0.2, 0.25) is 5.02 Å². The third-order valence-electron chi connectivity index (χ3n) is 2.86.